The third-order valence-electron chi connectivity index (χ3n) is 1.81. The fourth-order valence-corrected chi connectivity index (χ4v) is 1.62. The van der Waals surface area contributed by atoms with Gasteiger partial charge in [-0.25, -0.2) is 0 Å². The van der Waals surface area contributed by atoms with Crippen LogP contribution in [-0.4, -0.2) is 15.5 Å². The molecule has 2 N–H and O–H groups in total. The minimum atomic E-state index is 0.133. The number of aryl methyl sites for hydroxylation is 1. The van der Waals surface area contributed by atoms with Gasteiger partial charge in [0.2, 0.25) is 0 Å². The van der Waals surface area contributed by atoms with E-state index in [-0.39, 0.29) is 11.5 Å². The topological polar surface area (TPSA) is 40.5 Å². The Hall–Kier alpha value is -0.700. The van der Waals surface area contributed by atoms with E-state index >= 15 is 0 Å². The predicted octanol–water partition coefficient (Wildman–Crippen LogP) is 2.82. The lowest BCUT2D eigenvalue weighted by atomic mass is 10.1. The molecule has 0 saturated carbocycles. The lowest BCUT2D eigenvalue weighted by Crippen LogP contribution is -1.85. The van der Waals surface area contributed by atoms with Gasteiger partial charge in [0.1, 0.15) is 11.5 Å². The number of halogens is 1. The van der Waals surface area contributed by atoms with Crippen molar-refractivity contribution in [2.45, 2.75) is 19.3 Å². The van der Waals surface area contributed by atoms with Crippen molar-refractivity contribution >= 4 is 15.9 Å². The highest BCUT2D eigenvalue weighted by Crippen LogP contribution is 2.21. The molecule has 0 spiro atoms. The highest BCUT2D eigenvalue weighted by atomic mass is 79.9. The maximum atomic E-state index is 9.18. The normalized spacial score (nSPS) is 10.2. The van der Waals surface area contributed by atoms with Gasteiger partial charge in [0.05, 0.1) is 0 Å². The molecule has 0 unspecified atom stereocenters. The molecule has 1 rings (SSSR count). The van der Waals surface area contributed by atoms with Crippen LogP contribution >= 0.6 is 15.9 Å². The lowest BCUT2D eigenvalue weighted by Gasteiger charge is -2.02. The number of phenols is 2. The van der Waals surface area contributed by atoms with Crippen LogP contribution in [0.1, 0.15) is 18.4 Å². The summed E-state index contributed by atoms with van der Waals surface area (Å²) in [6.07, 6.45) is 3.07. The molecular formula is C10H13BrO2. The molecule has 0 bridgehead atoms. The maximum Gasteiger partial charge on any atom is 0.119 e. The molecule has 0 aliphatic carbocycles. The zero-order valence-electron chi connectivity index (χ0n) is 7.33. The van der Waals surface area contributed by atoms with Gasteiger partial charge in [-0.05, 0) is 37.0 Å². The monoisotopic (exact) mass is 244 g/mol. The smallest absolute Gasteiger partial charge is 0.119 e. The van der Waals surface area contributed by atoms with Crippen molar-refractivity contribution in [1.29, 1.82) is 0 Å². The van der Waals surface area contributed by atoms with Crippen LogP contribution in [0.5, 0.6) is 11.5 Å². The third-order valence-corrected chi connectivity index (χ3v) is 2.37. The Labute approximate surface area is 86.3 Å². The number of rotatable bonds is 4. The number of unbranched alkanes of at least 4 members (excludes halogenated alkanes) is 1. The van der Waals surface area contributed by atoms with Crippen LogP contribution in [0.2, 0.25) is 0 Å². The summed E-state index contributed by atoms with van der Waals surface area (Å²) in [7, 11) is 0. The minimum Gasteiger partial charge on any atom is -0.508 e. The van der Waals surface area contributed by atoms with Crippen LogP contribution in [0.15, 0.2) is 18.2 Å². The van der Waals surface area contributed by atoms with Crippen LogP contribution in [0.3, 0.4) is 0 Å². The number of hydrogen-bond donors (Lipinski definition) is 2. The molecule has 0 fully saturated rings. The Morgan fingerprint density at radius 1 is 1.00 bits per heavy atom. The number of aromatic hydroxyl groups is 2. The molecule has 0 heterocycles. The van der Waals surface area contributed by atoms with E-state index in [0.29, 0.717) is 0 Å². The molecule has 3 heteroatoms. The number of alkyl halides is 1. The first-order valence-electron chi connectivity index (χ1n) is 4.30. The molecule has 1 aromatic rings. The zero-order chi connectivity index (χ0) is 9.68. The van der Waals surface area contributed by atoms with Crippen LogP contribution in [0.4, 0.5) is 0 Å². The molecule has 0 aliphatic heterocycles. The second-order valence-corrected chi connectivity index (χ2v) is 3.80. The summed E-state index contributed by atoms with van der Waals surface area (Å²) in [5.41, 5.74) is 0.985. The first-order chi connectivity index (χ1) is 6.22. The van der Waals surface area contributed by atoms with Crippen molar-refractivity contribution in [1.82, 2.24) is 0 Å². The van der Waals surface area contributed by atoms with Crippen molar-refractivity contribution in [3.8, 4) is 11.5 Å². The Balaban J connectivity index is 2.56. The molecule has 0 saturated heterocycles. The number of benzene rings is 1. The molecular weight excluding hydrogens is 232 g/mol. The predicted molar refractivity (Wildman–Crippen MR) is 56.5 cm³/mol. The van der Waals surface area contributed by atoms with Gasteiger partial charge < -0.3 is 10.2 Å². The summed E-state index contributed by atoms with van der Waals surface area (Å²) < 4.78 is 0. The Morgan fingerprint density at radius 3 is 2.15 bits per heavy atom. The van der Waals surface area contributed by atoms with Gasteiger partial charge in [-0.1, -0.05) is 15.9 Å². The van der Waals surface area contributed by atoms with E-state index in [2.05, 4.69) is 15.9 Å². The van der Waals surface area contributed by atoms with Crippen molar-refractivity contribution in [3.63, 3.8) is 0 Å². The first-order valence-corrected chi connectivity index (χ1v) is 5.42. The van der Waals surface area contributed by atoms with Gasteiger partial charge in [0, 0.05) is 11.4 Å². The molecule has 2 nitrogen and oxygen atoms in total. The van der Waals surface area contributed by atoms with E-state index in [1.54, 1.807) is 12.1 Å². The van der Waals surface area contributed by atoms with Crippen LogP contribution < -0.4 is 0 Å². The van der Waals surface area contributed by atoms with Crippen LogP contribution in [-0.2, 0) is 6.42 Å². The average Bonchev–Trinajstić information content (AvgIpc) is 2.03. The summed E-state index contributed by atoms with van der Waals surface area (Å²) in [5.74, 6) is 0.266. The van der Waals surface area contributed by atoms with Crippen molar-refractivity contribution in [3.05, 3.63) is 23.8 Å². The highest BCUT2D eigenvalue weighted by molar-refractivity contribution is 9.09. The fourth-order valence-electron chi connectivity index (χ4n) is 1.22. The summed E-state index contributed by atoms with van der Waals surface area (Å²) in [6, 6.07) is 4.72. The van der Waals surface area contributed by atoms with E-state index in [4.69, 9.17) is 0 Å². The van der Waals surface area contributed by atoms with E-state index < -0.39 is 0 Å². The molecule has 1 aromatic carbocycles. The molecule has 0 amide bonds. The first kappa shape index (κ1) is 10.4. The van der Waals surface area contributed by atoms with Crippen LogP contribution in [0.25, 0.3) is 0 Å². The van der Waals surface area contributed by atoms with Gasteiger partial charge in [-0.15, -0.1) is 0 Å². The van der Waals surface area contributed by atoms with E-state index in [1.165, 1.54) is 6.07 Å². The summed E-state index contributed by atoms with van der Waals surface area (Å²) in [5, 5.41) is 19.4. The zero-order valence-corrected chi connectivity index (χ0v) is 8.92. The van der Waals surface area contributed by atoms with Gasteiger partial charge in [0.25, 0.3) is 0 Å². The van der Waals surface area contributed by atoms with E-state index in [9.17, 15) is 10.2 Å². The molecule has 72 valence electrons. The fraction of sp³-hybridized carbons (Fsp3) is 0.400. The minimum absolute atomic E-state index is 0.133. The highest BCUT2D eigenvalue weighted by Gasteiger charge is 1.98. The number of hydrogen-bond acceptors (Lipinski definition) is 2. The number of phenolic OH excluding ortho intramolecular Hbond substituents is 2. The molecule has 0 atom stereocenters. The molecule has 0 aromatic heterocycles. The van der Waals surface area contributed by atoms with E-state index in [1.807, 2.05) is 0 Å². The Morgan fingerprint density at radius 2 is 1.62 bits per heavy atom. The molecule has 0 radical (unpaired) electrons. The van der Waals surface area contributed by atoms with Crippen LogP contribution in [0, 0.1) is 0 Å². The summed E-state index contributed by atoms with van der Waals surface area (Å²) in [6.45, 7) is 0. The Kier molecular flexibility index (Phi) is 4.09. The Bertz CT molecular complexity index is 253. The van der Waals surface area contributed by atoms with E-state index in [0.717, 1.165) is 30.2 Å². The summed E-state index contributed by atoms with van der Waals surface area (Å²) >= 11 is 3.35. The van der Waals surface area contributed by atoms with Crippen molar-refractivity contribution in [2.75, 3.05) is 5.33 Å². The molecule has 13 heavy (non-hydrogen) atoms. The quantitative estimate of drug-likeness (QED) is 0.632. The van der Waals surface area contributed by atoms with Crippen molar-refractivity contribution in [2.24, 2.45) is 0 Å². The maximum absolute atomic E-state index is 9.18. The second kappa shape index (κ2) is 5.12. The SMILES string of the molecule is Oc1cc(O)cc(CCCCBr)c1. The lowest BCUT2D eigenvalue weighted by molar-refractivity contribution is 0.449. The average molecular weight is 245 g/mol. The second-order valence-electron chi connectivity index (χ2n) is 3.00. The molecule has 0 aliphatic rings. The third kappa shape index (κ3) is 3.68. The van der Waals surface area contributed by atoms with Gasteiger partial charge in [0.15, 0.2) is 0 Å². The van der Waals surface area contributed by atoms with Crippen molar-refractivity contribution < 1.29 is 10.2 Å². The summed E-state index contributed by atoms with van der Waals surface area (Å²) in [4.78, 5) is 0. The van der Waals surface area contributed by atoms with Gasteiger partial charge >= 0.3 is 0 Å². The standard InChI is InChI=1S/C10H13BrO2/c11-4-2-1-3-8-5-9(12)7-10(13)6-8/h5-7,12-13H,1-4H2. The largest absolute Gasteiger partial charge is 0.508 e. The van der Waals surface area contributed by atoms with Gasteiger partial charge in [-0.2, -0.15) is 0 Å². The van der Waals surface area contributed by atoms with Gasteiger partial charge in [-0.3, -0.25) is 0 Å².